The van der Waals surface area contributed by atoms with Gasteiger partial charge in [0.25, 0.3) is 0 Å². The molecule has 1 atom stereocenters. The first-order valence-electron chi connectivity index (χ1n) is 6.55. The molecule has 19 heavy (non-hydrogen) atoms. The number of anilines is 1. The Kier molecular flexibility index (Phi) is 3.34. The number of imidazole rings is 1. The van der Waals surface area contributed by atoms with Crippen molar-refractivity contribution in [3.63, 3.8) is 0 Å². The molecular weight excluding hydrogens is 256 g/mol. The first kappa shape index (κ1) is 12.4. The van der Waals surface area contributed by atoms with E-state index in [0.717, 1.165) is 17.6 Å². The lowest BCUT2D eigenvalue weighted by atomic mass is 10.2. The van der Waals surface area contributed by atoms with Crippen LogP contribution in [0.3, 0.4) is 0 Å². The highest BCUT2D eigenvalue weighted by Crippen LogP contribution is 2.29. The summed E-state index contributed by atoms with van der Waals surface area (Å²) in [6.07, 6.45) is 3.86. The van der Waals surface area contributed by atoms with E-state index in [4.69, 9.17) is 11.0 Å². The third-order valence-electron chi connectivity index (χ3n) is 3.57. The summed E-state index contributed by atoms with van der Waals surface area (Å²) >= 11 is 2.02. The number of hydrogen-bond acceptors (Lipinski definition) is 4. The lowest BCUT2D eigenvalue weighted by Gasteiger charge is -2.22. The maximum atomic E-state index is 9.00. The molecule has 2 aromatic rings. The molecule has 1 aliphatic heterocycles. The predicted octanol–water partition coefficient (Wildman–Crippen LogP) is 2.78. The number of fused-ring (bicyclic) bond motifs is 1. The van der Waals surface area contributed by atoms with Gasteiger partial charge >= 0.3 is 0 Å². The Morgan fingerprint density at radius 1 is 1.47 bits per heavy atom. The number of nitrogens with zero attached hydrogens (tertiary/aromatic N) is 3. The number of nitriles is 1. The van der Waals surface area contributed by atoms with E-state index >= 15 is 0 Å². The summed E-state index contributed by atoms with van der Waals surface area (Å²) in [5, 5.41) is 9.61. The van der Waals surface area contributed by atoms with Crippen LogP contribution in [0.1, 0.15) is 24.8 Å². The monoisotopic (exact) mass is 272 g/mol. The minimum Gasteiger partial charge on any atom is -0.369 e. The number of rotatable bonds is 2. The van der Waals surface area contributed by atoms with Crippen molar-refractivity contribution >= 4 is 28.7 Å². The van der Waals surface area contributed by atoms with Crippen LogP contribution in [0.15, 0.2) is 18.2 Å². The minimum absolute atomic E-state index is 0.552. The fourth-order valence-electron chi connectivity index (χ4n) is 2.56. The minimum atomic E-state index is 0.552. The van der Waals surface area contributed by atoms with E-state index in [-0.39, 0.29) is 0 Å². The molecule has 1 saturated heterocycles. The zero-order valence-electron chi connectivity index (χ0n) is 10.7. The molecule has 0 amide bonds. The fourth-order valence-corrected chi connectivity index (χ4v) is 3.85. The van der Waals surface area contributed by atoms with Crippen LogP contribution in [0.4, 0.5) is 5.95 Å². The van der Waals surface area contributed by atoms with Crippen LogP contribution in [0, 0.1) is 11.3 Å². The van der Waals surface area contributed by atoms with E-state index in [1.807, 2.05) is 23.9 Å². The van der Waals surface area contributed by atoms with Crippen molar-refractivity contribution in [1.82, 2.24) is 9.55 Å². The van der Waals surface area contributed by atoms with Gasteiger partial charge in [0.1, 0.15) is 0 Å². The third kappa shape index (κ3) is 2.41. The quantitative estimate of drug-likeness (QED) is 0.912. The van der Waals surface area contributed by atoms with Crippen LogP contribution in [0.25, 0.3) is 11.0 Å². The largest absolute Gasteiger partial charge is 0.369 e. The standard InChI is InChI=1S/C14H16N4S/c15-8-10-4-5-12-13(7-10)18(14(16)17-12)9-11-3-1-2-6-19-11/h4-5,7,11H,1-3,6,9H2,(H2,16,17). The highest BCUT2D eigenvalue weighted by atomic mass is 32.2. The van der Waals surface area contributed by atoms with Crippen LogP contribution in [0.5, 0.6) is 0 Å². The molecule has 4 nitrogen and oxygen atoms in total. The second-order valence-corrected chi connectivity index (χ2v) is 6.29. The molecule has 5 heteroatoms. The van der Waals surface area contributed by atoms with Crippen molar-refractivity contribution in [2.24, 2.45) is 0 Å². The SMILES string of the molecule is N#Cc1ccc2nc(N)n(CC3CCCCS3)c2c1. The van der Waals surface area contributed by atoms with E-state index in [2.05, 4.69) is 15.6 Å². The van der Waals surface area contributed by atoms with Gasteiger partial charge in [0.15, 0.2) is 0 Å². The van der Waals surface area contributed by atoms with Crippen molar-refractivity contribution in [3.8, 4) is 6.07 Å². The summed E-state index contributed by atoms with van der Waals surface area (Å²) in [7, 11) is 0. The van der Waals surface area contributed by atoms with E-state index in [0.29, 0.717) is 16.8 Å². The number of nitrogens with two attached hydrogens (primary N) is 1. The number of nitrogen functional groups attached to an aromatic ring is 1. The van der Waals surface area contributed by atoms with Crippen molar-refractivity contribution in [2.45, 2.75) is 31.1 Å². The molecule has 98 valence electrons. The smallest absolute Gasteiger partial charge is 0.201 e. The number of aromatic nitrogens is 2. The summed E-state index contributed by atoms with van der Waals surface area (Å²) in [5.74, 6) is 1.79. The Morgan fingerprint density at radius 2 is 2.37 bits per heavy atom. The Hall–Kier alpha value is -1.67. The Labute approximate surface area is 116 Å². The lowest BCUT2D eigenvalue weighted by Crippen LogP contribution is -2.18. The summed E-state index contributed by atoms with van der Waals surface area (Å²) in [4.78, 5) is 4.38. The summed E-state index contributed by atoms with van der Waals surface area (Å²) < 4.78 is 2.05. The Bertz CT molecular complexity index is 635. The van der Waals surface area contributed by atoms with Crippen LogP contribution >= 0.6 is 11.8 Å². The van der Waals surface area contributed by atoms with E-state index in [9.17, 15) is 0 Å². The van der Waals surface area contributed by atoms with Crippen LogP contribution < -0.4 is 5.73 Å². The lowest BCUT2D eigenvalue weighted by molar-refractivity contribution is 0.595. The van der Waals surface area contributed by atoms with Crippen molar-refractivity contribution in [3.05, 3.63) is 23.8 Å². The van der Waals surface area contributed by atoms with Gasteiger partial charge in [0.05, 0.1) is 22.7 Å². The highest BCUT2D eigenvalue weighted by Gasteiger charge is 2.17. The number of benzene rings is 1. The summed E-state index contributed by atoms with van der Waals surface area (Å²) in [6, 6.07) is 7.71. The average Bonchev–Trinajstić information content (AvgIpc) is 2.76. The second-order valence-electron chi connectivity index (χ2n) is 4.88. The first-order valence-corrected chi connectivity index (χ1v) is 7.60. The van der Waals surface area contributed by atoms with Gasteiger partial charge in [-0.1, -0.05) is 6.42 Å². The molecule has 0 aliphatic carbocycles. The summed E-state index contributed by atoms with van der Waals surface area (Å²) in [5.41, 5.74) is 8.53. The van der Waals surface area contributed by atoms with Crippen molar-refractivity contribution in [2.75, 3.05) is 11.5 Å². The van der Waals surface area contributed by atoms with E-state index in [1.165, 1.54) is 25.0 Å². The molecule has 2 heterocycles. The molecule has 1 fully saturated rings. The second kappa shape index (κ2) is 5.14. The fraction of sp³-hybridized carbons (Fsp3) is 0.429. The topological polar surface area (TPSA) is 67.6 Å². The molecule has 0 radical (unpaired) electrons. The number of hydrogen-bond donors (Lipinski definition) is 1. The molecular formula is C14H16N4S. The van der Waals surface area contributed by atoms with Crippen LogP contribution in [0.2, 0.25) is 0 Å². The molecule has 0 saturated carbocycles. The maximum Gasteiger partial charge on any atom is 0.201 e. The van der Waals surface area contributed by atoms with Gasteiger partial charge in [-0.2, -0.15) is 17.0 Å². The zero-order valence-corrected chi connectivity index (χ0v) is 11.5. The van der Waals surface area contributed by atoms with Crippen molar-refractivity contribution in [1.29, 1.82) is 5.26 Å². The molecule has 3 rings (SSSR count). The molecule has 0 bridgehead atoms. The molecule has 1 aromatic carbocycles. The van der Waals surface area contributed by atoms with Gasteiger partial charge in [-0.25, -0.2) is 4.98 Å². The van der Waals surface area contributed by atoms with Gasteiger partial charge in [-0.3, -0.25) is 0 Å². The predicted molar refractivity (Wildman–Crippen MR) is 79.0 cm³/mol. The van der Waals surface area contributed by atoms with Crippen LogP contribution in [-0.2, 0) is 6.54 Å². The molecule has 0 spiro atoms. The van der Waals surface area contributed by atoms with Crippen molar-refractivity contribution < 1.29 is 0 Å². The molecule has 1 aromatic heterocycles. The average molecular weight is 272 g/mol. The maximum absolute atomic E-state index is 9.00. The van der Waals surface area contributed by atoms with Gasteiger partial charge in [-0.15, -0.1) is 0 Å². The Morgan fingerprint density at radius 3 is 3.11 bits per heavy atom. The van der Waals surface area contributed by atoms with E-state index in [1.54, 1.807) is 6.07 Å². The van der Waals surface area contributed by atoms with Gasteiger partial charge in [0.2, 0.25) is 5.95 Å². The zero-order chi connectivity index (χ0) is 13.2. The van der Waals surface area contributed by atoms with Gasteiger partial charge in [0, 0.05) is 11.8 Å². The van der Waals surface area contributed by atoms with E-state index < -0.39 is 0 Å². The van der Waals surface area contributed by atoms with Gasteiger partial charge in [-0.05, 0) is 36.8 Å². The third-order valence-corrected chi connectivity index (χ3v) is 4.95. The highest BCUT2D eigenvalue weighted by molar-refractivity contribution is 7.99. The van der Waals surface area contributed by atoms with Crippen LogP contribution in [-0.4, -0.2) is 20.6 Å². The molecule has 1 aliphatic rings. The molecule has 1 unspecified atom stereocenters. The first-order chi connectivity index (χ1) is 9.28. The summed E-state index contributed by atoms with van der Waals surface area (Å²) in [6.45, 7) is 0.891. The number of thioether (sulfide) groups is 1. The molecule has 2 N–H and O–H groups in total. The Balaban J connectivity index is 1.97. The van der Waals surface area contributed by atoms with Gasteiger partial charge < -0.3 is 10.3 Å². The normalized spacial score (nSPS) is 19.4.